The molecule has 0 amide bonds. The molecule has 8 aromatic carbocycles. The fourth-order valence-electron chi connectivity index (χ4n) is 9.23. The van der Waals surface area contributed by atoms with Crippen molar-refractivity contribution in [2.45, 2.75) is 12.3 Å². The zero-order valence-corrected chi connectivity index (χ0v) is 27.0. The van der Waals surface area contributed by atoms with Gasteiger partial charge in [-0.05, 0) is 114 Å². The van der Waals surface area contributed by atoms with Gasteiger partial charge in [0.05, 0.1) is 16.4 Å². The fourth-order valence-corrected chi connectivity index (χ4v) is 9.23. The summed E-state index contributed by atoms with van der Waals surface area (Å²) in [5, 5.41) is 5.17. The molecule has 0 radical (unpaired) electrons. The average Bonchev–Trinajstić information content (AvgIpc) is 3.77. The molecule has 0 atom stereocenters. The third kappa shape index (κ3) is 3.43. The second-order valence-electron chi connectivity index (χ2n) is 13.5. The Morgan fingerprint density at radius 1 is 0.469 bits per heavy atom. The lowest BCUT2D eigenvalue weighted by Gasteiger charge is -2.32. The van der Waals surface area contributed by atoms with Gasteiger partial charge in [-0.2, -0.15) is 0 Å². The fraction of sp³-hybridized carbons (Fsp3) is 0.0426. The van der Waals surface area contributed by atoms with Gasteiger partial charge in [0.25, 0.3) is 0 Å². The summed E-state index contributed by atoms with van der Waals surface area (Å²) in [4.78, 5) is 4.83. The molecule has 1 aromatic heterocycles. The monoisotopic (exact) mass is 622 g/mol. The molecule has 0 aliphatic heterocycles. The second-order valence-corrected chi connectivity index (χ2v) is 13.5. The molecule has 228 valence electrons. The maximum absolute atomic E-state index is 4.83. The Morgan fingerprint density at radius 2 is 1.10 bits per heavy atom. The zero-order chi connectivity index (χ0) is 32.3. The number of aromatic nitrogens is 2. The molecule has 49 heavy (non-hydrogen) atoms. The number of nitrogens with zero attached hydrogens (tertiary/aromatic N) is 2. The highest BCUT2D eigenvalue weighted by Gasteiger charge is 2.53. The summed E-state index contributed by atoms with van der Waals surface area (Å²) in [5.74, 6) is 0.988. The van der Waals surface area contributed by atoms with Crippen molar-refractivity contribution in [2.24, 2.45) is 0 Å². The normalized spacial score (nSPS) is 13.6. The van der Waals surface area contributed by atoms with Gasteiger partial charge in [0, 0.05) is 5.69 Å². The van der Waals surface area contributed by atoms with Crippen LogP contribution in [0.5, 0.6) is 0 Å². The summed E-state index contributed by atoms with van der Waals surface area (Å²) in [7, 11) is 0. The van der Waals surface area contributed by atoms with Gasteiger partial charge in [0.2, 0.25) is 0 Å². The molecule has 1 spiro atoms. The van der Waals surface area contributed by atoms with E-state index in [0.717, 1.165) is 22.5 Å². The largest absolute Gasteiger partial charge is 0.297 e. The van der Waals surface area contributed by atoms with Crippen LogP contribution in [0.4, 0.5) is 0 Å². The van der Waals surface area contributed by atoms with Crippen molar-refractivity contribution in [2.75, 3.05) is 0 Å². The van der Waals surface area contributed by atoms with E-state index >= 15 is 0 Å². The topological polar surface area (TPSA) is 17.8 Å². The maximum atomic E-state index is 4.83. The molecule has 9 aromatic rings. The molecule has 2 aliphatic carbocycles. The molecule has 0 unspecified atom stereocenters. The Hall–Kier alpha value is -6.25. The third-order valence-electron chi connectivity index (χ3n) is 11.1. The smallest absolute Gasteiger partial charge is 0.111 e. The lowest BCUT2D eigenvalue weighted by Crippen LogP contribution is -2.26. The van der Waals surface area contributed by atoms with Crippen LogP contribution < -0.4 is 0 Å². The van der Waals surface area contributed by atoms with Crippen LogP contribution in [0.15, 0.2) is 164 Å². The van der Waals surface area contributed by atoms with E-state index in [9.17, 15) is 0 Å². The SMILES string of the molecule is Cc1nc2ccccc2n1-c1cccc(-c2ccc3c4c(ccc3c2)-c2ccc3ccccc3c2C42c3ccccc3-c3ccccc32)c1. The van der Waals surface area contributed by atoms with Gasteiger partial charge >= 0.3 is 0 Å². The number of imidazole rings is 1. The van der Waals surface area contributed by atoms with Gasteiger partial charge in [-0.1, -0.05) is 133 Å². The van der Waals surface area contributed by atoms with Crippen LogP contribution in [0.3, 0.4) is 0 Å². The Balaban J connectivity index is 1.18. The molecule has 2 heteroatoms. The van der Waals surface area contributed by atoms with E-state index in [1.807, 2.05) is 0 Å². The van der Waals surface area contributed by atoms with Crippen LogP contribution in [0.25, 0.3) is 71.6 Å². The van der Waals surface area contributed by atoms with E-state index in [2.05, 4.69) is 175 Å². The Bertz CT molecular complexity index is 2810. The highest BCUT2D eigenvalue weighted by atomic mass is 15.1. The number of para-hydroxylation sites is 2. The summed E-state index contributed by atoms with van der Waals surface area (Å²) >= 11 is 0. The van der Waals surface area contributed by atoms with E-state index in [1.165, 1.54) is 77.2 Å². The van der Waals surface area contributed by atoms with Crippen LogP contribution in [0.2, 0.25) is 0 Å². The molecule has 0 N–H and O–H groups in total. The molecule has 11 rings (SSSR count). The van der Waals surface area contributed by atoms with Crippen LogP contribution in [0, 0.1) is 6.92 Å². The number of hydrogen-bond acceptors (Lipinski definition) is 1. The van der Waals surface area contributed by atoms with Crippen molar-refractivity contribution in [1.29, 1.82) is 0 Å². The lowest BCUT2D eigenvalue weighted by molar-refractivity contribution is 0.809. The average molecular weight is 623 g/mol. The summed E-state index contributed by atoms with van der Waals surface area (Å²) < 4.78 is 2.26. The minimum Gasteiger partial charge on any atom is -0.297 e. The highest BCUT2D eigenvalue weighted by Crippen LogP contribution is 2.65. The van der Waals surface area contributed by atoms with Gasteiger partial charge in [0.15, 0.2) is 0 Å². The first kappa shape index (κ1) is 26.8. The van der Waals surface area contributed by atoms with Crippen molar-refractivity contribution < 1.29 is 0 Å². The van der Waals surface area contributed by atoms with Gasteiger partial charge in [-0.15, -0.1) is 0 Å². The van der Waals surface area contributed by atoms with Crippen molar-refractivity contribution in [3.05, 3.63) is 192 Å². The van der Waals surface area contributed by atoms with Crippen LogP contribution in [0.1, 0.15) is 28.1 Å². The molecule has 2 aliphatic rings. The van der Waals surface area contributed by atoms with Crippen LogP contribution >= 0.6 is 0 Å². The van der Waals surface area contributed by atoms with Crippen molar-refractivity contribution in [1.82, 2.24) is 9.55 Å². The molecule has 1 heterocycles. The second kappa shape index (κ2) is 9.65. The highest BCUT2D eigenvalue weighted by molar-refractivity contribution is 6.09. The minimum atomic E-state index is -0.417. The summed E-state index contributed by atoms with van der Waals surface area (Å²) in [6, 6.07) is 60.8. The maximum Gasteiger partial charge on any atom is 0.111 e. The van der Waals surface area contributed by atoms with E-state index in [-0.39, 0.29) is 0 Å². The molecule has 0 saturated carbocycles. The van der Waals surface area contributed by atoms with E-state index in [4.69, 9.17) is 4.98 Å². The molecule has 0 fully saturated rings. The van der Waals surface area contributed by atoms with Gasteiger partial charge < -0.3 is 0 Å². The quantitative estimate of drug-likeness (QED) is 0.188. The number of fused-ring (bicyclic) bond motifs is 15. The first-order valence-corrected chi connectivity index (χ1v) is 17.1. The van der Waals surface area contributed by atoms with Crippen molar-refractivity contribution >= 4 is 32.6 Å². The third-order valence-corrected chi connectivity index (χ3v) is 11.1. The standard InChI is InChI=1S/C47H30N2/c1-29-48-43-19-8-9-20-44(43)49(29)34-13-10-12-31(28-34)32-22-24-36-33(27-32)23-26-40-39-25-21-30-11-2-3-14-35(30)45(39)47(46(36)40)41-17-6-4-15-37(41)38-16-5-7-18-42(38)47/h2-28H,1H3. The van der Waals surface area contributed by atoms with Crippen LogP contribution in [-0.2, 0) is 5.41 Å². The first-order chi connectivity index (χ1) is 24.2. The first-order valence-electron chi connectivity index (χ1n) is 17.1. The predicted molar refractivity (Wildman–Crippen MR) is 203 cm³/mol. The van der Waals surface area contributed by atoms with Crippen molar-refractivity contribution in [3.8, 4) is 39.1 Å². The van der Waals surface area contributed by atoms with Crippen LogP contribution in [-0.4, -0.2) is 9.55 Å². The minimum absolute atomic E-state index is 0.417. The Morgan fingerprint density at radius 3 is 1.90 bits per heavy atom. The Labute approximate surface area is 284 Å². The molecule has 0 saturated heterocycles. The van der Waals surface area contributed by atoms with Gasteiger partial charge in [-0.3, -0.25) is 4.57 Å². The van der Waals surface area contributed by atoms with Crippen molar-refractivity contribution in [3.63, 3.8) is 0 Å². The zero-order valence-electron chi connectivity index (χ0n) is 27.0. The van der Waals surface area contributed by atoms with E-state index in [0.29, 0.717) is 0 Å². The van der Waals surface area contributed by atoms with E-state index in [1.54, 1.807) is 0 Å². The molecular formula is C47H30N2. The summed E-state index contributed by atoms with van der Waals surface area (Å²) in [6.07, 6.45) is 0. The summed E-state index contributed by atoms with van der Waals surface area (Å²) in [5.41, 5.74) is 16.1. The molecular weight excluding hydrogens is 593 g/mol. The van der Waals surface area contributed by atoms with Gasteiger partial charge in [0.1, 0.15) is 5.82 Å². The number of aryl methyl sites for hydroxylation is 1. The number of benzene rings is 8. The number of rotatable bonds is 2. The van der Waals surface area contributed by atoms with E-state index < -0.39 is 5.41 Å². The molecule has 0 bridgehead atoms. The summed E-state index contributed by atoms with van der Waals surface area (Å²) in [6.45, 7) is 2.08. The van der Waals surface area contributed by atoms with Gasteiger partial charge in [-0.25, -0.2) is 4.98 Å². The lowest BCUT2D eigenvalue weighted by atomic mass is 9.68. The Kier molecular flexibility index (Phi) is 5.28. The molecule has 2 nitrogen and oxygen atoms in total. The number of hydrogen-bond donors (Lipinski definition) is 0. The predicted octanol–water partition coefficient (Wildman–Crippen LogP) is 11.7.